The standard InChI is InChI=1S/C14H20N2O/c1-14(2,15-3)13(17)16-9-8-11-6-4-5-7-12(11)10-16/h4-7,15H,8-10H2,1-3H3. The molecule has 17 heavy (non-hydrogen) atoms. The van der Waals surface area contributed by atoms with Gasteiger partial charge >= 0.3 is 0 Å². The van der Waals surface area contributed by atoms with E-state index >= 15 is 0 Å². The van der Waals surface area contributed by atoms with Gasteiger partial charge in [-0.3, -0.25) is 4.79 Å². The Morgan fingerprint density at radius 3 is 2.59 bits per heavy atom. The normalized spacial score (nSPS) is 15.6. The smallest absolute Gasteiger partial charge is 0.242 e. The van der Waals surface area contributed by atoms with Crippen LogP contribution < -0.4 is 5.32 Å². The molecule has 92 valence electrons. The summed E-state index contributed by atoms with van der Waals surface area (Å²) in [5, 5.41) is 3.07. The molecule has 3 heteroatoms. The second-order valence-electron chi connectivity index (χ2n) is 5.12. The van der Waals surface area contributed by atoms with E-state index in [2.05, 4.69) is 23.5 Å². The van der Waals surface area contributed by atoms with Gasteiger partial charge in [0.25, 0.3) is 0 Å². The molecule has 1 aromatic carbocycles. The number of fused-ring (bicyclic) bond motifs is 1. The maximum atomic E-state index is 12.3. The average molecular weight is 232 g/mol. The zero-order valence-corrected chi connectivity index (χ0v) is 10.8. The van der Waals surface area contributed by atoms with Crippen LogP contribution in [0.4, 0.5) is 0 Å². The molecule has 0 radical (unpaired) electrons. The minimum atomic E-state index is -0.480. The number of hydrogen-bond acceptors (Lipinski definition) is 2. The number of carbonyl (C=O) groups excluding carboxylic acids is 1. The number of likely N-dealkylation sites (N-methyl/N-ethyl adjacent to an activating group) is 1. The summed E-state index contributed by atoms with van der Waals surface area (Å²) >= 11 is 0. The highest BCUT2D eigenvalue weighted by atomic mass is 16.2. The van der Waals surface area contributed by atoms with Crippen molar-refractivity contribution in [3.8, 4) is 0 Å². The molecule has 1 aliphatic heterocycles. The lowest BCUT2D eigenvalue weighted by molar-refractivity contribution is -0.137. The highest BCUT2D eigenvalue weighted by Gasteiger charge is 2.31. The van der Waals surface area contributed by atoms with Crippen LogP contribution >= 0.6 is 0 Å². The molecule has 0 saturated heterocycles. The number of carbonyl (C=O) groups is 1. The van der Waals surface area contributed by atoms with Crippen molar-refractivity contribution in [3.05, 3.63) is 35.4 Å². The van der Waals surface area contributed by atoms with Crippen LogP contribution in [0.3, 0.4) is 0 Å². The summed E-state index contributed by atoms with van der Waals surface area (Å²) in [6.45, 7) is 5.41. The van der Waals surface area contributed by atoms with Crippen molar-refractivity contribution < 1.29 is 4.79 Å². The van der Waals surface area contributed by atoms with Crippen molar-refractivity contribution in [2.24, 2.45) is 0 Å². The average Bonchev–Trinajstić information content (AvgIpc) is 2.37. The zero-order valence-electron chi connectivity index (χ0n) is 10.8. The predicted molar refractivity (Wildman–Crippen MR) is 68.7 cm³/mol. The summed E-state index contributed by atoms with van der Waals surface area (Å²) in [4.78, 5) is 14.3. The summed E-state index contributed by atoms with van der Waals surface area (Å²) in [7, 11) is 1.83. The van der Waals surface area contributed by atoms with E-state index in [9.17, 15) is 4.79 Å². The first-order valence-corrected chi connectivity index (χ1v) is 6.09. The molecule has 1 aliphatic rings. The maximum absolute atomic E-state index is 12.3. The summed E-state index contributed by atoms with van der Waals surface area (Å²) in [5.41, 5.74) is 2.17. The fourth-order valence-corrected chi connectivity index (χ4v) is 2.17. The van der Waals surface area contributed by atoms with Gasteiger partial charge in [0, 0.05) is 13.1 Å². The highest BCUT2D eigenvalue weighted by Crippen LogP contribution is 2.20. The van der Waals surface area contributed by atoms with Crippen LogP contribution in [0.15, 0.2) is 24.3 Å². The molecule has 0 bridgehead atoms. The molecule has 1 amide bonds. The van der Waals surface area contributed by atoms with E-state index in [-0.39, 0.29) is 5.91 Å². The molecule has 1 N–H and O–H groups in total. The molecular weight excluding hydrogens is 212 g/mol. The zero-order chi connectivity index (χ0) is 12.5. The van der Waals surface area contributed by atoms with Gasteiger partial charge in [0.15, 0.2) is 0 Å². The van der Waals surface area contributed by atoms with Crippen molar-refractivity contribution >= 4 is 5.91 Å². The van der Waals surface area contributed by atoms with Crippen molar-refractivity contribution in [1.82, 2.24) is 10.2 Å². The lowest BCUT2D eigenvalue weighted by atomic mass is 9.97. The molecule has 0 spiro atoms. The molecule has 0 aromatic heterocycles. The lowest BCUT2D eigenvalue weighted by Gasteiger charge is -2.35. The van der Waals surface area contributed by atoms with Crippen LogP contribution in [-0.4, -0.2) is 29.9 Å². The number of hydrogen-bond donors (Lipinski definition) is 1. The van der Waals surface area contributed by atoms with Crippen LogP contribution in [0, 0.1) is 0 Å². The number of nitrogens with zero attached hydrogens (tertiary/aromatic N) is 1. The highest BCUT2D eigenvalue weighted by molar-refractivity contribution is 5.85. The van der Waals surface area contributed by atoms with Gasteiger partial charge in [-0.15, -0.1) is 0 Å². The van der Waals surface area contributed by atoms with Crippen molar-refractivity contribution in [1.29, 1.82) is 0 Å². The minimum absolute atomic E-state index is 0.175. The Labute approximate surface area is 103 Å². The number of benzene rings is 1. The van der Waals surface area contributed by atoms with Gasteiger partial charge in [0.2, 0.25) is 5.91 Å². The van der Waals surface area contributed by atoms with E-state index < -0.39 is 5.54 Å². The molecule has 0 unspecified atom stereocenters. The van der Waals surface area contributed by atoms with Gasteiger partial charge in [-0.05, 0) is 38.4 Å². The fourth-order valence-electron chi connectivity index (χ4n) is 2.17. The SMILES string of the molecule is CNC(C)(C)C(=O)N1CCc2ccccc2C1. The van der Waals surface area contributed by atoms with E-state index in [0.717, 1.165) is 19.5 Å². The van der Waals surface area contributed by atoms with E-state index in [4.69, 9.17) is 0 Å². The van der Waals surface area contributed by atoms with Gasteiger partial charge in [0.1, 0.15) is 0 Å². The molecule has 1 heterocycles. The van der Waals surface area contributed by atoms with Gasteiger partial charge in [0.05, 0.1) is 5.54 Å². The quantitative estimate of drug-likeness (QED) is 0.839. The summed E-state index contributed by atoms with van der Waals surface area (Å²) in [6, 6.07) is 8.37. The molecule has 0 atom stereocenters. The molecule has 0 fully saturated rings. The maximum Gasteiger partial charge on any atom is 0.242 e. The molecule has 1 aromatic rings. The first-order valence-electron chi connectivity index (χ1n) is 6.09. The van der Waals surface area contributed by atoms with Crippen molar-refractivity contribution in [2.75, 3.05) is 13.6 Å². The topological polar surface area (TPSA) is 32.3 Å². The third kappa shape index (κ3) is 2.34. The molecular formula is C14H20N2O. The Morgan fingerprint density at radius 1 is 1.29 bits per heavy atom. The minimum Gasteiger partial charge on any atom is -0.336 e. The van der Waals surface area contributed by atoms with Crippen molar-refractivity contribution in [3.63, 3.8) is 0 Å². The number of nitrogens with one attached hydrogen (secondary N) is 1. The van der Waals surface area contributed by atoms with Crippen LogP contribution in [0.2, 0.25) is 0 Å². The first-order chi connectivity index (χ1) is 8.04. The molecule has 3 nitrogen and oxygen atoms in total. The van der Waals surface area contributed by atoms with E-state index in [0.29, 0.717) is 0 Å². The summed E-state index contributed by atoms with van der Waals surface area (Å²) < 4.78 is 0. The number of rotatable bonds is 2. The van der Waals surface area contributed by atoms with Gasteiger partial charge in [-0.25, -0.2) is 0 Å². The Hall–Kier alpha value is -1.35. The van der Waals surface area contributed by atoms with Crippen LogP contribution in [0.25, 0.3) is 0 Å². The van der Waals surface area contributed by atoms with E-state index in [1.165, 1.54) is 11.1 Å². The first kappa shape index (κ1) is 12.1. The van der Waals surface area contributed by atoms with Gasteiger partial charge in [-0.1, -0.05) is 24.3 Å². The largest absolute Gasteiger partial charge is 0.336 e. The third-order valence-corrected chi connectivity index (χ3v) is 3.58. The Morgan fingerprint density at radius 2 is 1.94 bits per heavy atom. The lowest BCUT2D eigenvalue weighted by Crippen LogP contribution is -2.53. The summed E-state index contributed by atoms with van der Waals surface area (Å²) in [5.74, 6) is 0.175. The van der Waals surface area contributed by atoms with Crippen LogP contribution in [-0.2, 0) is 17.8 Å². The second kappa shape index (κ2) is 4.49. The molecule has 0 aliphatic carbocycles. The van der Waals surface area contributed by atoms with Gasteiger partial charge < -0.3 is 10.2 Å². The fraction of sp³-hybridized carbons (Fsp3) is 0.500. The third-order valence-electron chi connectivity index (χ3n) is 3.58. The monoisotopic (exact) mass is 232 g/mol. The van der Waals surface area contributed by atoms with E-state index in [1.54, 1.807) is 0 Å². The Balaban J connectivity index is 2.15. The second-order valence-corrected chi connectivity index (χ2v) is 5.12. The van der Waals surface area contributed by atoms with Crippen molar-refractivity contribution in [2.45, 2.75) is 32.4 Å². The van der Waals surface area contributed by atoms with Crippen LogP contribution in [0.5, 0.6) is 0 Å². The number of amides is 1. The summed E-state index contributed by atoms with van der Waals surface area (Å²) in [6.07, 6.45) is 0.960. The molecule has 2 rings (SSSR count). The predicted octanol–water partition coefficient (Wildman–Crippen LogP) is 1.57. The Bertz CT molecular complexity index is 426. The molecule has 0 saturated carbocycles. The Kier molecular flexibility index (Phi) is 3.20. The van der Waals surface area contributed by atoms with E-state index in [1.807, 2.05) is 31.9 Å². The van der Waals surface area contributed by atoms with Crippen LogP contribution in [0.1, 0.15) is 25.0 Å². The van der Waals surface area contributed by atoms with Gasteiger partial charge in [-0.2, -0.15) is 0 Å².